The Morgan fingerprint density at radius 3 is 2.63 bits per heavy atom. The Hall–Kier alpha value is -2.37. The number of aliphatic hydroxyl groups excluding tert-OH is 1. The van der Waals surface area contributed by atoms with Gasteiger partial charge in [0.05, 0.1) is 0 Å². The SMILES string of the molecule is Cn1cc(S(=O)(=O)NC2CCCC2(C)CO)c(F)c1C(=O)Nc1ccc(F)c(F)c1. The highest BCUT2D eigenvalue weighted by Gasteiger charge is 2.41. The van der Waals surface area contributed by atoms with E-state index in [1.165, 1.54) is 7.05 Å². The molecule has 164 valence electrons. The Kier molecular flexibility index (Phi) is 5.99. The van der Waals surface area contributed by atoms with Gasteiger partial charge in [-0.3, -0.25) is 4.79 Å². The lowest BCUT2D eigenvalue weighted by Crippen LogP contribution is -2.44. The number of nitrogens with zero attached hydrogens (tertiary/aromatic N) is 1. The number of nitrogens with one attached hydrogen (secondary N) is 2. The lowest BCUT2D eigenvalue weighted by atomic mass is 9.86. The van der Waals surface area contributed by atoms with E-state index in [1.807, 2.05) is 0 Å². The van der Waals surface area contributed by atoms with Crippen LogP contribution >= 0.6 is 0 Å². The number of aliphatic hydroxyl groups is 1. The normalized spacial score (nSPS) is 21.7. The van der Waals surface area contributed by atoms with Gasteiger partial charge >= 0.3 is 0 Å². The third kappa shape index (κ3) is 4.09. The van der Waals surface area contributed by atoms with E-state index in [-0.39, 0.29) is 12.3 Å². The van der Waals surface area contributed by atoms with E-state index in [9.17, 15) is 31.5 Å². The van der Waals surface area contributed by atoms with Crippen LogP contribution in [0, 0.1) is 22.9 Å². The van der Waals surface area contributed by atoms with Crippen molar-refractivity contribution in [3.8, 4) is 0 Å². The van der Waals surface area contributed by atoms with Gasteiger partial charge < -0.3 is 15.0 Å². The number of halogens is 3. The van der Waals surface area contributed by atoms with Gasteiger partial charge in [-0.1, -0.05) is 13.3 Å². The number of benzene rings is 1. The third-order valence-electron chi connectivity index (χ3n) is 5.51. The standard InChI is InChI=1S/C19H22F3N3O4S/c1-19(10-26)7-3-4-15(19)24-30(28,29)14-9-25(2)17(16(14)22)18(27)23-11-5-6-12(20)13(21)8-11/h5-6,8-9,15,24,26H,3-4,7,10H2,1-2H3,(H,23,27). The second-order valence-electron chi connectivity index (χ2n) is 7.73. The molecule has 11 heteroatoms. The first kappa shape index (κ1) is 22.3. The zero-order valence-corrected chi connectivity index (χ0v) is 17.2. The zero-order chi connectivity index (χ0) is 22.3. The minimum Gasteiger partial charge on any atom is -0.396 e. The molecule has 2 aromatic rings. The Morgan fingerprint density at radius 1 is 1.30 bits per heavy atom. The fourth-order valence-electron chi connectivity index (χ4n) is 3.65. The number of hydrogen-bond donors (Lipinski definition) is 3. The molecule has 1 fully saturated rings. The first-order valence-electron chi connectivity index (χ1n) is 9.23. The highest BCUT2D eigenvalue weighted by atomic mass is 32.2. The van der Waals surface area contributed by atoms with Crippen LogP contribution in [-0.2, 0) is 17.1 Å². The van der Waals surface area contributed by atoms with Gasteiger partial charge in [-0.05, 0) is 25.0 Å². The smallest absolute Gasteiger partial charge is 0.275 e. The highest BCUT2D eigenvalue weighted by molar-refractivity contribution is 7.89. The van der Waals surface area contributed by atoms with Crippen LogP contribution in [0.1, 0.15) is 36.7 Å². The number of aromatic nitrogens is 1. The molecule has 0 bridgehead atoms. The fourth-order valence-corrected chi connectivity index (χ4v) is 5.19. The quantitative estimate of drug-likeness (QED) is 0.636. The molecule has 1 heterocycles. The van der Waals surface area contributed by atoms with Crippen molar-refractivity contribution in [2.24, 2.45) is 12.5 Å². The number of hydrogen-bond acceptors (Lipinski definition) is 4. The van der Waals surface area contributed by atoms with E-state index < -0.39 is 55.4 Å². The Morgan fingerprint density at radius 2 is 2.00 bits per heavy atom. The highest BCUT2D eigenvalue weighted by Crippen LogP contribution is 2.38. The van der Waals surface area contributed by atoms with Gasteiger partial charge in [-0.25, -0.2) is 26.3 Å². The minimum absolute atomic E-state index is 0.119. The van der Waals surface area contributed by atoms with Crippen molar-refractivity contribution >= 4 is 21.6 Å². The molecule has 1 aromatic heterocycles. The molecule has 1 saturated carbocycles. The molecular weight excluding hydrogens is 423 g/mol. The topological polar surface area (TPSA) is 100 Å². The van der Waals surface area contributed by atoms with Crippen LogP contribution in [0.25, 0.3) is 0 Å². The summed E-state index contributed by atoms with van der Waals surface area (Å²) < 4.78 is 70.3. The molecule has 30 heavy (non-hydrogen) atoms. The molecule has 2 atom stereocenters. The summed E-state index contributed by atoms with van der Waals surface area (Å²) in [4.78, 5) is 11.7. The number of sulfonamides is 1. The maximum Gasteiger partial charge on any atom is 0.275 e. The molecule has 3 rings (SSSR count). The van der Waals surface area contributed by atoms with Crippen molar-refractivity contribution in [3.05, 3.63) is 47.5 Å². The summed E-state index contributed by atoms with van der Waals surface area (Å²) in [5, 5.41) is 11.8. The van der Waals surface area contributed by atoms with Gasteiger partial charge in [0.2, 0.25) is 10.0 Å². The predicted molar refractivity (Wildman–Crippen MR) is 103 cm³/mol. The summed E-state index contributed by atoms with van der Waals surface area (Å²) >= 11 is 0. The summed E-state index contributed by atoms with van der Waals surface area (Å²) in [7, 11) is -3.04. The van der Waals surface area contributed by atoms with Crippen LogP contribution in [0.3, 0.4) is 0 Å². The second kappa shape index (κ2) is 8.05. The van der Waals surface area contributed by atoms with Crippen molar-refractivity contribution < 1.29 is 31.5 Å². The summed E-state index contributed by atoms with van der Waals surface area (Å²) in [5.41, 5.74) is -1.37. The second-order valence-corrected chi connectivity index (χ2v) is 9.41. The molecule has 0 radical (unpaired) electrons. The molecule has 2 unspecified atom stereocenters. The van der Waals surface area contributed by atoms with Gasteiger partial charge in [0.25, 0.3) is 5.91 Å². The van der Waals surface area contributed by atoms with Crippen molar-refractivity contribution in [3.63, 3.8) is 0 Å². The van der Waals surface area contributed by atoms with Crippen LogP contribution in [0.15, 0.2) is 29.3 Å². The zero-order valence-electron chi connectivity index (χ0n) is 16.4. The van der Waals surface area contributed by atoms with Crippen molar-refractivity contribution in [2.45, 2.75) is 37.1 Å². The molecule has 7 nitrogen and oxygen atoms in total. The van der Waals surface area contributed by atoms with Gasteiger partial charge in [-0.15, -0.1) is 0 Å². The molecule has 3 N–H and O–H groups in total. The summed E-state index contributed by atoms with van der Waals surface area (Å²) in [5.74, 6) is -4.60. The lowest BCUT2D eigenvalue weighted by molar-refractivity contribution is 0.101. The maximum absolute atomic E-state index is 14.9. The average molecular weight is 445 g/mol. The van der Waals surface area contributed by atoms with Crippen molar-refractivity contribution in [2.75, 3.05) is 11.9 Å². The van der Waals surface area contributed by atoms with Crippen LogP contribution < -0.4 is 10.0 Å². The minimum atomic E-state index is -4.32. The Bertz CT molecular complexity index is 1090. The Balaban J connectivity index is 1.87. The van der Waals surface area contributed by atoms with E-state index in [4.69, 9.17) is 0 Å². The lowest BCUT2D eigenvalue weighted by Gasteiger charge is -2.29. The number of amides is 1. The van der Waals surface area contributed by atoms with Gasteiger partial charge in [0, 0.05) is 43.1 Å². The monoisotopic (exact) mass is 445 g/mol. The number of carbonyl (C=O) groups is 1. The van der Waals surface area contributed by atoms with Crippen LogP contribution in [0.4, 0.5) is 18.9 Å². The average Bonchev–Trinajstić information content (AvgIpc) is 3.18. The van der Waals surface area contributed by atoms with Crippen LogP contribution in [-0.4, -0.2) is 36.6 Å². The summed E-state index contributed by atoms with van der Waals surface area (Å²) in [6.07, 6.45) is 2.79. The summed E-state index contributed by atoms with van der Waals surface area (Å²) in [6.45, 7) is 1.52. The molecule has 1 aliphatic carbocycles. The first-order valence-corrected chi connectivity index (χ1v) is 10.7. The van der Waals surface area contributed by atoms with E-state index in [2.05, 4.69) is 10.0 Å². The fraction of sp³-hybridized carbons (Fsp3) is 0.421. The largest absolute Gasteiger partial charge is 0.396 e. The van der Waals surface area contributed by atoms with Crippen molar-refractivity contribution in [1.82, 2.24) is 9.29 Å². The molecule has 1 amide bonds. The summed E-state index contributed by atoms with van der Waals surface area (Å²) in [6, 6.07) is 2.04. The van der Waals surface area contributed by atoms with E-state index in [0.29, 0.717) is 19.3 Å². The predicted octanol–water partition coefficient (Wildman–Crippen LogP) is 2.52. The molecule has 0 saturated heterocycles. The Labute approximate surface area is 171 Å². The molecule has 0 aliphatic heterocycles. The molecule has 1 aliphatic rings. The van der Waals surface area contributed by atoms with E-state index >= 15 is 0 Å². The van der Waals surface area contributed by atoms with Gasteiger partial charge in [-0.2, -0.15) is 0 Å². The van der Waals surface area contributed by atoms with Crippen LogP contribution in [0.2, 0.25) is 0 Å². The van der Waals surface area contributed by atoms with Gasteiger partial charge in [0.15, 0.2) is 17.5 Å². The number of aryl methyl sites for hydroxylation is 1. The first-order chi connectivity index (χ1) is 14.0. The number of carbonyl (C=O) groups excluding carboxylic acids is 1. The van der Waals surface area contributed by atoms with E-state index in [0.717, 1.165) is 29.0 Å². The van der Waals surface area contributed by atoms with E-state index in [1.54, 1.807) is 6.92 Å². The number of anilines is 1. The molecule has 0 spiro atoms. The number of rotatable bonds is 6. The molecular formula is C19H22F3N3O4S. The van der Waals surface area contributed by atoms with Crippen molar-refractivity contribution in [1.29, 1.82) is 0 Å². The van der Waals surface area contributed by atoms with Crippen LogP contribution in [0.5, 0.6) is 0 Å². The van der Waals surface area contributed by atoms with Gasteiger partial charge in [0.1, 0.15) is 10.6 Å². The third-order valence-corrected chi connectivity index (χ3v) is 6.97. The maximum atomic E-state index is 14.9. The molecule has 1 aromatic carbocycles.